The molecule has 0 fully saturated rings. The van der Waals surface area contributed by atoms with Crippen molar-refractivity contribution in [2.24, 2.45) is 10.2 Å². The number of carbonyl (C=O) groups excluding carboxylic acids is 2. The molecule has 0 saturated heterocycles. The summed E-state index contributed by atoms with van der Waals surface area (Å²) >= 11 is 6.71. The van der Waals surface area contributed by atoms with Crippen LogP contribution >= 0.6 is 31.9 Å². The quantitative estimate of drug-likeness (QED) is 0.499. The molecule has 0 radical (unpaired) electrons. The summed E-state index contributed by atoms with van der Waals surface area (Å²) in [5.74, 6) is -1.34. The highest BCUT2D eigenvalue weighted by Crippen LogP contribution is 2.40. The number of azo groups is 1. The Bertz CT molecular complexity index is 979. The standard InChI is InChI=1S/C15H10Br2N4O4/c16-7-4-8-12(9(17)5-7)19-15(24)13(8)21-20-11(22)6-18-14(23)10-2-1-3-25-10/h1-5,19,24H,6H2,(H,18,23). The Hall–Kier alpha value is -2.46. The number of aromatic nitrogens is 1. The highest BCUT2D eigenvalue weighted by atomic mass is 79.9. The lowest BCUT2D eigenvalue weighted by molar-refractivity contribution is -0.117. The molecule has 0 aliphatic carbocycles. The van der Waals surface area contributed by atoms with Crippen LogP contribution in [0.2, 0.25) is 0 Å². The maximum Gasteiger partial charge on any atom is 0.287 e. The average molecular weight is 470 g/mol. The summed E-state index contributed by atoms with van der Waals surface area (Å²) in [5, 5.41) is 20.2. The number of nitrogens with zero attached hydrogens (tertiary/aromatic N) is 2. The van der Waals surface area contributed by atoms with Crippen LogP contribution in [0, 0.1) is 0 Å². The predicted octanol–water partition coefficient (Wildman–Crippen LogP) is 4.03. The molecule has 8 nitrogen and oxygen atoms in total. The zero-order chi connectivity index (χ0) is 18.0. The Kier molecular flexibility index (Phi) is 5.00. The van der Waals surface area contributed by atoms with Gasteiger partial charge in [-0.3, -0.25) is 9.59 Å². The molecule has 2 aromatic heterocycles. The van der Waals surface area contributed by atoms with Crippen LogP contribution in [0.15, 0.2) is 54.1 Å². The van der Waals surface area contributed by atoms with Crippen LogP contribution in [-0.4, -0.2) is 28.4 Å². The molecular weight excluding hydrogens is 460 g/mol. The highest BCUT2D eigenvalue weighted by molar-refractivity contribution is 9.11. The molecule has 0 aliphatic rings. The second-order valence-corrected chi connectivity index (χ2v) is 6.66. The lowest BCUT2D eigenvalue weighted by atomic mass is 10.2. The zero-order valence-corrected chi connectivity index (χ0v) is 15.6. The zero-order valence-electron chi connectivity index (χ0n) is 12.4. The predicted molar refractivity (Wildman–Crippen MR) is 95.9 cm³/mol. The number of furan rings is 1. The van der Waals surface area contributed by atoms with Gasteiger partial charge in [-0.05, 0) is 40.2 Å². The number of amides is 2. The monoisotopic (exact) mass is 468 g/mol. The Morgan fingerprint density at radius 2 is 2.12 bits per heavy atom. The summed E-state index contributed by atoms with van der Waals surface area (Å²) in [6, 6.07) is 6.57. The number of aromatic amines is 1. The summed E-state index contributed by atoms with van der Waals surface area (Å²) < 4.78 is 6.39. The van der Waals surface area contributed by atoms with Gasteiger partial charge in [0, 0.05) is 14.3 Å². The molecule has 10 heteroatoms. The van der Waals surface area contributed by atoms with Crippen molar-refractivity contribution in [1.29, 1.82) is 0 Å². The number of hydrogen-bond donors (Lipinski definition) is 3. The van der Waals surface area contributed by atoms with E-state index in [-0.39, 0.29) is 23.9 Å². The van der Waals surface area contributed by atoms with Crippen molar-refractivity contribution in [1.82, 2.24) is 10.3 Å². The van der Waals surface area contributed by atoms with Gasteiger partial charge in [-0.15, -0.1) is 10.2 Å². The van der Waals surface area contributed by atoms with Gasteiger partial charge in [-0.25, -0.2) is 0 Å². The topological polar surface area (TPSA) is 120 Å². The third-order valence-corrected chi connectivity index (χ3v) is 4.27. The number of benzene rings is 1. The molecule has 0 aliphatic heterocycles. The van der Waals surface area contributed by atoms with Gasteiger partial charge >= 0.3 is 0 Å². The van der Waals surface area contributed by atoms with Crippen LogP contribution in [0.25, 0.3) is 10.9 Å². The van der Waals surface area contributed by atoms with Gasteiger partial charge in [0.2, 0.25) is 5.88 Å². The molecule has 25 heavy (non-hydrogen) atoms. The van der Waals surface area contributed by atoms with Crippen molar-refractivity contribution in [3.63, 3.8) is 0 Å². The summed E-state index contributed by atoms with van der Waals surface area (Å²) in [6.07, 6.45) is 1.35. The Balaban J connectivity index is 1.73. The summed E-state index contributed by atoms with van der Waals surface area (Å²) in [7, 11) is 0. The van der Waals surface area contributed by atoms with Crippen LogP contribution in [0.3, 0.4) is 0 Å². The number of H-pyrrole nitrogens is 1. The first-order valence-electron chi connectivity index (χ1n) is 6.91. The van der Waals surface area contributed by atoms with E-state index in [2.05, 4.69) is 52.4 Å². The van der Waals surface area contributed by atoms with Crippen LogP contribution in [0.1, 0.15) is 10.6 Å². The molecule has 2 heterocycles. The van der Waals surface area contributed by atoms with Gasteiger partial charge in [0.05, 0.1) is 11.8 Å². The summed E-state index contributed by atoms with van der Waals surface area (Å²) in [4.78, 5) is 26.2. The minimum Gasteiger partial charge on any atom is -0.493 e. The van der Waals surface area contributed by atoms with Crippen molar-refractivity contribution in [3.8, 4) is 5.88 Å². The Morgan fingerprint density at radius 3 is 2.84 bits per heavy atom. The van der Waals surface area contributed by atoms with Crippen molar-refractivity contribution in [3.05, 3.63) is 45.2 Å². The fraction of sp³-hybridized carbons (Fsp3) is 0.0667. The van der Waals surface area contributed by atoms with Gasteiger partial charge < -0.3 is 19.8 Å². The van der Waals surface area contributed by atoms with E-state index in [9.17, 15) is 14.7 Å². The van der Waals surface area contributed by atoms with Crippen molar-refractivity contribution >= 4 is 60.3 Å². The van der Waals surface area contributed by atoms with Crippen molar-refractivity contribution in [2.75, 3.05) is 6.54 Å². The first-order chi connectivity index (χ1) is 12.0. The van der Waals surface area contributed by atoms with E-state index in [0.717, 1.165) is 4.47 Å². The molecule has 0 unspecified atom stereocenters. The summed E-state index contributed by atoms with van der Waals surface area (Å²) in [6.45, 7) is -0.348. The molecule has 3 rings (SSSR count). The third kappa shape index (κ3) is 3.80. The van der Waals surface area contributed by atoms with E-state index in [1.165, 1.54) is 12.3 Å². The van der Waals surface area contributed by atoms with Gasteiger partial charge in [-0.2, -0.15) is 0 Å². The first-order valence-corrected chi connectivity index (χ1v) is 8.50. The van der Waals surface area contributed by atoms with Crippen LogP contribution in [0.4, 0.5) is 5.69 Å². The lowest BCUT2D eigenvalue weighted by Crippen LogP contribution is -2.28. The van der Waals surface area contributed by atoms with Crippen molar-refractivity contribution in [2.45, 2.75) is 0 Å². The maximum atomic E-state index is 11.8. The van der Waals surface area contributed by atoms with Crippen molar-refractivity contribution < 1.29 is 19.1 Å². The second-order valence-electron chi connectivity index (χ2n) is 4.89. The smallest absolute Gasteiger partial charge is 0.287 e. The number of carbonyl (C=O) groups is 2. The number of halogens is 2. The van der Waals surface area contributed by atoms with Gasteiger partial charge in [0.25, 0.3) is 11.8 Å². The third-order valence-electron chi connectivity index (χ3n) is 3.18. The minimum atomic E-state index is -0.678. The van der Waals surface area contributed by atoms with E-state index in [0.29, 0.717) is 15.4 Å². The fourth-order valence-electron chi connectivity index (χ4n) is 2.09. The average Bonchev–Trinajstić information content (AvgIpc) is 3.19. The normalized spacial score (nSPS) is 11.3. The molecule has 0 saturated carbocycles. The van der Waals surface area contributed by atoms with E-state index in [1.807, 2.05) is 0 Å². The van der Waals surface area contributed by atoms with E-state index < -0.39 is 11.8 Å². The van der Waals surface area contributed by atoms with E-state index in [1.54, 1.807) is 18.2 Å². The first kappa shape index (κ1) is 17.4. The number of nitrogens with one attached hydrogen (secondary N) is 2. The molecule has 3 aromatic rings. The van der Waals surface area contributed by atoms with E-state index in [4.69, 9.17) is 4.42 Å². The maximum absolute atomic E-state index is 11.8. The number of hydrogen-bond acceptors (Lipinski definition) is 5. The van der Waals surface area contributed by atoms with E-state index >= 15 is 0 Å². The molecule has 1 aromatic carbocycles. The summed E-state index contributed by atoms with van der Waals surface area (Å²) in [5.41, 5.74) is 0.746. The molecule has 128 valence electrons. The fourth-order valence-corrected chi connectivity index (χ4v) is 3.41. The van der Waals surface area contributed by atoms with Gasteiger partial charge in [0.15, 0.2) is 11.4 Å². The molecule has 2 amide bonds. The highest BCUT2D eigenvalue weighted by Gasteiger charge is 2.15. The minimum absolute atomic E-state index is 0.0914. The second kappa shape index (κ2) is 7.19. The molecule has 0 bridgehead atoms. The van der Waals surface area contributed by atoms with Crippen LogP contribution in [0.5, 0.6) is 5.88 Å². The van der Waals surface area contributed by atoms with Gasteiger partial charge in [-0.1, -0.05) is 15.9 Å². The van der Waals surface area contributed by atoms with Crippen LogP contribution in [-0.2, 0) is 4.79 Å². The molecule has 3 N–H and O–H groups in total. The molecular formula is C15H10Br2N4O4. The number of rotatable bonds is 4. The number of fused-ring (bicyclic) bond motifs is 1. The SMILES string of the molecule is O=C(CNC(=O)c1ccco1)N=Nc1c(O)[nH]c2c(Br)cc(Br)cc12. The van der Waals surface area contributed by atoms with Crippen LogP contribution < -0.4 is 5.32 Å². The molecule has 0 spiro atoms. The molecule has 0 atom stereocenters. The Labute approximate surface area is 157 Å². The number of aromatic hydroxyl groups is 1. The lowest BCUT2D eigenvalue weighted by Gasteiger charge is -1.98. The Morgan fingerprint density at radius 1 is 1.32 bits per heavy atom. The largest absolute Gasteiger partial charge is 0.493 e. The van der Waals surface area contributed by atoms with Gasteiger partial charge in [0.1, 0.15) is 6.54 Å².